The van der Waals surface area contributed by atoms with Gasteiger partial charge < -0.3 is 5.32 Å². The molecule has 0 heterocycles. The van der Waals surface area contributed by atoms with E-state index in [4.69, 9.17) is 0 Å². The molecule has 0 aliphatic carbocycles. The van der Waals surface area contributed by atoms with Crippen molar-refractivity contribution in [2.24, 2.45) is 0 Å². The van der Waals surface area contributed by atoms with Gasteiger partial charge in [0.1, 0.15) is 0 Å². The molecule has 0 saturated heterocycles. The average molecular weight is 214 g/mol. The Morgan fingerprint density at radius 1 is 1.71 bits per heavy atom. The predicted octanol–water partition coefficient (Wildman–Crippen LogP) is 0.562. The molecule has 7 heavy (non-hydrogen) atoms. The SMILES string of the molecule is [O]C(=O)NCCI. The minimum Gasteiger partial charge on any atom is -0.318 e. The number of hydrogen-bond acceptors (Lipinski definition) is 1. The predicted molar refractivity (Wildman–Crippen MR) is 33.0 cm³/mol. The molecule has 0 bridgehead atoms. The quantitative estimate of drug-likeness (QED) is 0.529. The third-order valence-corrected chi connectivity index (χ3v) is 0.903. The highest BCUT2D eigenvalue weighted by atomic mass is 127. The zero-order chi connectivity index (χ0) is 5.70. The summed E-state index contributed by atoms with van der Waals surface area (Å²) in [5.41, 5.74) is 0. The van der Waals surface area contributed by atoms with Gasteiger partial charge >= 0.3 is 6.09 Å². The van der Waals surface area contributed by atoms with E-state index in [9.17, 15) is 9.90 Å². The van der Waals surface area contributed by atoms with Crippen LogP contribution in [0.4, 0.5) is 4.79 Å². The van der Waals surface area contributed by atoms with Crippen LogP contribution in [0.3, 0.4) is 0 Å². The molecule has 0 aliphatic rings. The molecule has 0 saturated carbocycles. The zero-order valence-corrected chi connectivity index (χ0v) is 5.77. The van der Waals surface area contributed by atoms with Crippen LogP contribution in [0.5, 0.6) is 0 Å². The molecular weight excluding hydrogens is 209 g/mol. The molecule has 0 aromatic rings. The van der Waals surface area contributed by atoms with Gasteiger partial charge in [-0.2, -0.15) is 0 Å². The fraction of sp³-hybridized carbons (Fsp3) is 0.667. The second kappa shape index (κ2) is 4.17. The van der Waals surface area contributed by atoms with Crippen molar-refractivity contribution in [3.8, 4) is 0 Å². The topological polar surface area (TPSA) is 49.0 Å². The molecule has 1 amide bonds. The fourth-order valence-electron chi connectivity index (χ4n) is 0.149. The first kappa shape index (κ1) is 7.00. The van der Waals surface area contributed by atoms with Gasteiger partial charge in [0.05, 0.1) is 0 Å². The van der Waals surface area contributed by atoms with E-state index in [0.29, 0.717) is 6.54 Å². The molecule has 0 aromatic heterocycles. The minimum atomic E-state index is -1.20. The summed E-state index contributed by atoms with van der Waals surface area (Å²) in [6.45, 7) is 0.475. The van der Waals surface area contributed by atoms with E-state index in [1.165, 1.54) is 0 Å². The molecule has 0 atom stereocenters. The lowest BCUT2D eigenvalue weighted by molar-refractivity contribution is 0.169. The van der Waals surface area contributed by atoms with Crippen LogP contribution in [0.2, 0.25) is 0 Å². The molecule has 0 aromatic carbocycles. The largest absolute Gasteiger partial charge is 0.450 e. The summed E-state index contributed by atoms with van der Waals surface area (Å²) in [6.07, 6.45) is -1.20. The van der Waals surface area contributed by atoms with Crippen LogP contribution < -0.4 is 5.32 Å². The minimum absolute atomic E-state index is 0.475. The summed E-state index contributed by atoms with van der Waals surface area (Å²) < 4.78 is 0.783. The maximum atomic E-state index is 9.53. The smallest absolute Gasteiger partial charge is 0.318 e. The van der Waals surface area contributed by atoms with Crippen LogP contribution in [0.15, 0.2) is 0 Å². The number of carbonyl (C=O) groups excluding carboxylic acids is 1. The second-order valence-electron chi connectivity index (χ2n) is 0.903. The maximum absolute atomic E-state index is 9.53. The Morgan fingerprint density at radius 2 is 2.29 bits per heavy atom. The second-order valence-corrected chi connectivity index (χ2v) is 1.98. The Balaban J connectivity index is 2.82. The Hall–Kier alpha value is 0. The van der Waals surface area contributed by atoms with Gasteiger partial charge in [-0.15, -0.1) is 0 Å². The summed E-state index contributed by atoms with van der Waals surface area (Å²) in [5, 5.41) is 11.6. The van der Waals surface area contributed by atoms with Crippen molar-refractivity contribution >= 4 is 28.7 Å². The van der Waals surface area contributed by atoms with Crippen LogP contribution >= 0.6 is 22.6 Å². The van der Waals surface area contributed by atoms with Crippen LogP contribution in [0, 0.1) is 0 Å². The molecule has 3 nitrogen and oxygen atoms in total. The summed E-state index contributed by atoms with van der Waals surface area (Å²) in [4.78, 5) is 9.53. The highest BCUT2D eigenvalue weighted by Crippen LogP contribution is 1.74. The molecular formula is C3H5INO2. The van der Waals surface area contributed by atoms with Crippen molar-refractivity contribution in [1.29, 1.82) is 0 Å². The first-order valence-electron chi connectivity index (χ1n) is 1.78. The van der Waals surface area contributed by atoms with Crippen LogP contribution in [0.25, 0.3) is 0 Å². The van der Waals surface area contributed by atoms with Crippen LogP contribution in [-0.4, -0.2) is 17.1 Å². The number of nitrogens with one attached hydrogen (secondary N) is 1. The van der Waals surface area contributed by atoms with E-state index in [1.807, 2.05) is 0 Å². The van der Waals surface area contributed by atoms with Gasteiger partial charge in [0.15, 0.2) is 0 Å². The Morgan fingerprint density at radius 3 is 2.43 bits per heavy atom. The van der Waals surface area contributed by atoms with Crippen molar-refractivity contribution in [3.63, 3.8) is 0 Å². The Kier molecular flexibility index (Phi) is 4.17. The lowest BCUT2D eigenvalue weighted by atomic mass is 10.8. The van der Waals surface area contributed by atoms with Crippen LogP contribution in [0.1, 0.15) is 0 Å². The lowest BCUT2D eigenvalue weighted by Crippen LogP contribution is -2.21. The van der Waals surface area contributed by atoms with Gasteiger partial charge in [-0.05, 0) is 0 Å². The average Bonchev–Trinajstić information content (AvgIpc) is 1.61. The van der Waals surface area contributed by atoms with Crippen molar-refractivity contribution in [2.45, 2.75) is 0 Å². The van der Waals surface area contributed by atoms with Gasteiger partial charge in [-0.1, -0.05) is 22.6 Å². The van der Waals surface area contributed by atoms with E-state index in [1.54, 1.807) is 0 Å². The van der Waals surface area contributed by atoms with E-state index < -0.39 is 6.09 Å². The summed E-state index contributed by atoms with van der Waals surface area (Å²) in [5.74, 6) is 0. The summed E-state index contributed by atoms with van der Waals surface area (Å²) in [6, 6.07) is 0. The van der Waals surface area contributed by atoms with E-state index >= 15 is 0 Å². The number of alkyl halides is 1. The third-order valence-electron chi connectivity index (χ3n) is 0.364. The van der Waals surface area contributed by atoms with E-state index in [0.717, 1.165) is 4.43 Å². The van der Waals surface area contributed by atoms with Gasteiger partial charge in [-0.25, -0.2) is 9.90 Å². The fourth-order valence-corrected chi connectivity index (χ4v) is 0.419. The Labute approximate surface area is 55.2 Å². The van der Waals surface area contributed by atoms with Crippen molar-refractivity contribution in [3.05, 3.63) is 0 Å². The van der Waals surface area contributed by atoms with Gasteiger partial charge in [-0.3, -0.25) is 0 Å². The Bertz CT molecular complexity index is 66.0. The zero-order valence-electron chi connectivity index (χ0n) is 3.61. The molecule has 0 aliphatic heterocycles. The first-order chi connectivity index (χ1) is 3.27. The van der Waals surface area contributed by atoms with Crippen molar-refractivity contribution < 1.29 is 9.90 Å². The molecule has 41 valence electrons. The van der Waals surface area contributed by atoms with E-state index in [2.05, 4.69) is 27.9 Å². The number of carbonyl (C=O) groups is 1. The molecule has 1 N–H and O–H groups in total. The molecule has 4 heteroatoms. The molecule has 1 radical (unpaired) electrons. The highest BCUT2D eigenvalue weighted by Gasteiger charge is 1.90. The summed E-state index contributed by atoms with van der Waals surface area (Å²) in [7, 11) is 0. The van der Waals surface area contributed by atoms with Crippen molar-refractivity contribution in [1.82, 2.24) is 5.32 Å². The number of amides is 1. The maximum Gasteiger partial charge on any atom is 0.450 e. The first-order valence-corrected chi connectivity index (χ1v) is 3.30. The number of halogens is 1. The van der Waals surface area contributed by atoms with Gasteiger partial charge in [0.25, 0.3) is 0 Å². The molecule has 0 unspecified atom stereocenters. The van der Waals surface area contributed by atoms with Gasteiger partial charge in [0.2, 0.25) is 0 Å². The molecule has 0 rings (SSSR count). The normalized spacial score (nSPS) is 8.14. The highest BCUT2D eigenvalue weighted by molar-refractivity contribution is 14.1. The number of rotatable bonds is 2. The molecule has 0 spiro atoms. The lowest BCUT2D eigenvalue weighted by Gasteiger charge is -1.88. The molecule has 0 fully saturated rings. The monoisotopic (exact) mass is 214 g/mol. The third kappa shape index (κ3) is 6.00. The standard InChI is InChI=1S/C3H5INO2/c4-1-2-5-3(6)7/h5H,1-2H2. The number of hydrogen-bond donors (Lipinski definition) is 1. The van der Waals surface area contributed by atoms with Crippen LogP contribution in [-0.2, 0) is 5.11 Å². The van der Waals surface area contributed by atoms with Crippen molar-refractivity contribution in [2.75, 3.05) is 11.0 Å². The van der Waals surface area contributed by atoms with Gasteiger partial charge in [0, 0.05) is 11.0 Å². The van der Waals surface area contributed by atoms with E-state index in [-0.39, 0.29) is 0 Å². The summed E-state index contributed by atoms with van der Waals surface area (Å²) >= 11 is 2.07.